The number of benzene rings is 1. The Labute approximate surface area is 95.3 Å². The summed E-state index contributed by atoms with van der Waals surface area (Å²) in [5.74, 6) is -0.798. The summed E-state index contributed by atoms with van der Waals surface area (Å²) in [5.41, 5.74) is 6.22. The van der Waals surface area contributed by atoms with Gasteiger partial charge in [-0.2, -0.15) is 13.8 Å². The van der Waals surface area contributed by atoms with Crippen LogP contribution in [-0.2, 0) is 11.2 Å². The van der Waals surface area contributed by atoms with Crippen molar-refractivity contribution in [3.63, 3.8) is 0 Å². The zero-order valence-corrected chi connectivity index (χ0v) is 8.64. The van der Waals surface area contributed by atoms with Crippen molar-refractivity contribution in [2.24, 2.45) is 5.73 Å². The van der Waals surface area contributed by atoms with E-state index in [4.69, 9.17) is 5.73 Å². The van der Waals surface area contributed by atoms with Crippen LogP contribution in [-0.4, -0.2) is 23.8 Å². The van der Waals surface area contributed by atoms with Gasteiger partial charge in [0.25, 0.3) is 5.91 Å². The maximum atomic E-state index is 12.0. The summed E-state index contributed by atoms with van der Waals surface area (Å²) < 4.78 is 28.2. The summed E-state index contributed by atoms with van der Waals surface area (Å²) in [6.07, 6.45) is 0.250. The number of amides is 1. The van der Waals surface area contributed by atoms with Crippen molar-refractivity contribution in [3.05, 3.63) is 23.8 Å². The van der Waals surface area contributed by atoms with E-state index < -0.39 is 18.6 Å². The highest BCUT2D eigenvalue weighted by molar-refractivity contribution is 5.98. The van der Waals surface area contributed by atoms with Crippen LogP contribution in [0.25, 0.3) is 0 Å². The number of anilines is 1. The topological polar surface area (TPSA) is 75.8 Å². The number of ether oxygens (including phenoxy) is 1. The first-order valence-electron chi connectivity index (χ1n) is 4.85. The molecule has 7 heteroatoms. The third-order valence-electron chi connectivity index (χ3n) is 2.48. The molecule has 0 saturated heterocycles. The van der Waals surface area contributed by atoms with Gasteiger partial charge < -0.3 is 10.5 Å². The SMILES string of the molecule is N[C@H]1Cc2ccc(OC(F)F)cc2N(O)C1=O. The van der Waals surface area contributed by atoms with E-state index in [0.717, 1.165) is 0 Å². The molecule has 1 atom stereocenters. The molecule has 0 radical (unpaired) electrons. The highest BCUT2D eigenvalue weighted by Crippen LogP contribution is 2.30. The Morgan fingerprint density at radius 2 is 2.24 bits per heavy atom. The minimum absolute atomic E-state index is 0.120. The third-order valence-corrected chi connectivity index (χ3v) is 2.48. The lowest BCUT2D eigenvalue weighted by Crippen LogP contribution is -2.47. The maximum Gasteiger partial charge on any atom is 0.387 e. The second-order valence-corrected chi connectivity index (χ2v) is 3.63. The Balaban J connectivity index is 2.35. The largest absolute Gasteiger partial charge is 0.435 e. The van der Waals surface area contributed by atoms with Crippen molar-refractivity contribution < 1.29 is 23.5 Å². The van der Waals surface area contributed by atoms with E-state index in [1.165, 1.54) is 18.2 Å². The molecule has 1 aliphatic heterocycles. The van der Waals surface area contributed by atoms with Crippen LogP contribution in [0, 0.1) is 0 Å². The number of fused-ring (bicyclic) bond motifs is 1. The lowest BCUT2D eigenvalue weighted by atomic mass is 9.99. The number of nitrogens with zero attached hydrogens (tertiary/aromatic N) is 1. The number of hydroxylamine groups is 1. The van der Waals surface area contributed by atoms with Gasteiger partial charge in [0.05, 0.1) is 11.7 Å². The van der Waals surface area contributed by atoms with Gasteiger partial charge in [0.2, 0.25) is 0 Å². The fraction of sp³-hybridized carbons (Fsp3) is 0.300. The van der Waals surface area contributed by atoms with Gasteiger partial charge in [-0.15, -0.1) is 0 Å². The quantitative estimate of drug-likeness (QED) is 0.758. The molecule has 1 aromatic carbocycles. The van der Waals surface area contributed by atoms with Crippen LogP contribution < -0.4 is 15.5 Å². The smallest absolute Gasteiger partial charge is 0.387 e. The minimum atomic E-state index is -2.96. The number of hydrogen-bond donors (Lipinski definition) is 2. The summed E-state index contributed by atoms with van der Waals surface area (Å²) >= 11 is 0. The predicted molar refractivity (Wildman–Crippen MR) is 54.0 cm³/mol. The van der Waals surface area contributed by atoms with Gasteiger partial charge in [-0.1, -0.05) is 6.07 Å². The van der Waals surface area contributed by atoms with Crippen LogP contribution in [0.3, 0.4) is 0 Å². The molecule has 0 bridgehead atoms. The van der Waals surface area contributed by atoms with E-state index >= 15 is 0 Å². The lowest BCUT2D eigenvalue weighted by Gasteiger charge is -2.27. The average molecular weight is 244 g/mol. The van der Waals surface area contributed by atoms with Crippen molar-refractivity contribution in [3.8, 4) is 5.75 Å². The predicted octanol–water partition coefficient (Wildman–Crippen LogP) is 0.894. The van der Waals surface area contributed by atoms with Crippen molar-refractivity contribution >= 4 is 11.6 Å². The van der Waals surface area contributed by atoms with Crippen molar-refractivity contribution in [2.75, 3.05) is 5.06 Å². The Bertz CT molecular complexity index is 453. The molecule has 0 spiro atoms. The highest BCUT2D eigenvalue weighted by atomic mass is 19.3. The summed E-state index contributed by atoms with van der Waals surface area (Å²) in [4.78, 5) is 11.4. The molecule has 1 aliphatic rings. The molecule has 1 amide bonds. The highest BCUT2D eigenvalue weighted by Gasteiger charge is 2.30. The first-order chi connectivity index (χ1) is 7.99. The number of carbonyl (C=O) groups excluding carboxylic acids is 1. The Kier molecular flexibility index (Phi) is 2.95. The van der Waals surface area contributed by atoms with Gasteiger partial charge in [0.15, 0.2) is 0 Å². The zero-order valence-electron chi connectivity index (χ0n) is 8.64. The molecular weight excluding hydrogens is 234 g/mol. The van der Waals surface area contributed by atoms with Crippen LogP contribution in [0.5, 0.6) is 5.75 Å². The van der Waals surface area contributed by atoms with Gasteiger partial charge in [0.1, 0.15) is 5.75 Å². The number of hydrogen-bond acceptors (Lipinski definition) is 4. The Morgan fingerprint density at radius 3 is 2.88 bits per heavy atom. The first-order valence-corrected chi connectivity index (χ1v) is 4.85. The standard InChI is InChI=1S/C10H10F2N2O3/c11-10(12)17-6-2-1-5-3-7(13)9(15)14(16)8(5)4-6/h1-2,4,7,10,16H,3,13H2/t7-/m0/s1. The van der Waals surface area contributed by atoms with Crippen molar-refractivity contribution in [2.45, 2.75) is 19.1 Å². The third kappa shape index (κ3) is 2.20. The molecule has 17 heavy (non-hydrogen) atoms. The van der Waals surface area contributed by atoms with Crippen LogP contribution in [0.1, 0.15) is 5.56 Å². The van der Waals surface area contributed by atoms with Gasteiger partial charge in [-0.05, 0) is 18.1 Å². The van der Waals surface area contributed by atoms with E-state index in [0.29, 0.717) is 10.6 Å². The Hall–Kier alpha value is -1.73. The van der Waals surface area contributed by atoms with E-state index in [9.17, 15) is 18.8 Å². The van der Waals surface area contributed by atoms with Crippen LogP contribution in [0.2, 0.25) is 0 Å². The van der Waals surface area contributed by atoms with E-state index in [1.807, 2.05) is 0 Å². The zero-order chi connectivity index (χ0) is 12.6. The monoisotopic (exact) mass is 244 g/mol. The van der Waals surface area contributed by atoms with Crippen LogP contribution in [0.4, 0.5) is 14.5 Å². The number of alkyl halides is 2. The summed E-state index contributed by atoms with van der Waals surface area (Å²) in [6.45, 7) is -2.96. The molecule has 1 aromatic rings. The molecule has 0 aromatic heterocycles. The fourth-order valence-corrected chi connectivity index (χ4v) is 1.69. The van der Waals surface area contributed by atoms with Gasteiger partial charge in [0, 0.05) is 6.07 Å². The van der Waals surface area contributed by atoms with E-state index in [1.54, 1.807) is 0 Å². The van der Waals surface area contributed by atoms with E-state index in [-0.39, 0.29) is 17.9 Å². The Morgan fingerprint density at radius 1 is 1.53 bits per heavy atom. The second kappa shape index (κ2) is 4.27. The molecule has 2 rings (SSSR count). The molecule has 0 saturated carbocycles. The summed E-state index contributed by atoms with van der Waals surface area (Å²) in [7, 11) is 0. The average Bonchev–Trinajstić information content (AvgIpc) is 2.26. The van der Waals surface area contributed by atoms with Crippen molar-refractivity contribution in [1.82, 2.24) is 0 Å². The van der Waals surface area contributed by atoms with E-state index in [2.05, 4.69) is 4.74 Å². The second-order valence-electron chi connectivity index (χ2n) is 3.63. The minimum Gasteiger partial charge on any atom is -0.435 e. The number of rotatable bonds is 2. The summed E-state index contributed by atoms with van der Waals surface area (Å²) in [6, 6.07) is 3.17. The normalized spacial score (nSPS) is 19.5. The molecule has 1 heterocycles. The van der Waals surface area contributed by atoms with Gasteiger partial charge in [-0.25, -0.2) is 0 Å². The molecular formula is C10H10F2N2O3. The molecule has 0 aliphatic carbocycles. The number of halogens is 2. The molecule has 0 fully saturated rings. The molecule has 3 N–H and O–H groups in total. The lowest BCUT2D eigenvalue weighted by molar-refractivity contribution is -0.125. The first kappa shape index (κ1) is 11.7. The summed E-state index contributed by atoms with van der Waals surface area (Å²) in [5, 5.41) is 9.88. The molecule has 5 nitrogen and oxygen atoms in total. The number of carbonyl (C=O) groups is 1. The van der Waals surface area contributed by atoms with Crippen LogP contribution >= 0.6 is 0 Å². The fourth-order valence-electron chi connectivity index (χ4n) is 1.69. The van der Waals surface area contributed by atoms with Gasteiger partial charge in [-0.3, -0.25) is 10.0 Å². The molecule has 0 unspecified atom stereocenters. The van der Waals surface area contributed by atoms with Gasteiger partial charge >= 0.3 is 6.61 Å². The van der Waals surface area contributed by atoms with Crippen molar-refractivity contribution in [1.29, 1.82) is 0 Å². The molecule has 92 valence electrons. The maximum absolute atomic E-state index is 12.0. The van der Waals surface area contributed by atoms with Crippen LogP contribution in [0.15, 0.2) is 18.2 Å². The number of nitrogens with two attached hydrogens (primary N) is 1.